The number of benzene rings is 1. The van der Waals surface area contributed by atoms with Crippen LogP contribution in [0.2, 0.25) is 0 Å². The Morgan fingerprint density at radius 2 is 1.26 bits per heavy atom. The van der Waals surface area contributed by atoms with Gasteiger partial charge in [0.05, 0.1) is 12.6 Å². The second-order valence-corrected chi connectivity index (χ2v) is 16.9. The lowest BCUT2D eigenvalue weighted by Gasteiger charge is -2.31. The number of carbonyl (C=O) groups excluding carboxylic acids is 6. The van der Waals surface area contributed by atoms with Crippen molar-refractivity contribution >= 4 is 35.9 Å². The molecule has 1 rings (SSSR count). The maximum atomic E-state index is 14.0. The highest BCUT2D eigenvalue weighted by Gasteiger charge is 2.34. The van der Waals surface area contributed by atoms with Gasteiger partial charge in [0.2, 0.25) is 11.8 Å². The summed E-state index contributed by atoms with van der Waals surface area (Å²) < 4.78 is 15.5. The summed E-state index contributed by atoms with van der Waals surface area (Å²) in [5, 5.41) is 24.5. The van der Waals surface area contributed by atoms with Crippen LogP contribution in [0.5, 0.6) is 0 Å². The van der Waals surface area contributed by atoms with Crippen LogP contribution in [-0.4, -0.2) is 90.5 Å². The van der Waals surface area contributed by atoms with E-state index in [1.54, 1.807) is 27.7 Å². The van der Waals surface area contributed by atoms with Crippen molar-refractivity contribution in [1.29, 1.82) is 0 Å². The minimum Gasteiger partial charge on any atom is -0.465 e. The van der Waals surface area contributed by atoms with Crippen LogP contribution in [0, 0.1) is 5.41 Å². The molecule has 0 aromatic heterocycles. The van der Waals surface area contributed by atoms with E-state index in [-0.39, 0.29) is 39.0 Å². The van der Waals surface area contributed by atoms with Gasteiger partial charge in [-0.3, -0.25) is 19.2 Å². The molecule has 0 bridgehead atoms. The predicted octanol–water partition coefficient (Wildman–Crippen LogP) is 5.95. The molecule has 0 aliphatic heterocycles. The zero-order valence-corrected chi connectivity index (χ0v) is 36.3. The number of unbranched alkanes of at least 4 members (excludes halogenated alkanes) is 8. The van der Waals surface area contributed by atoms with Crippen molar-refractivity contribution in [3.63, 3.8) is 0 Å². The Bertz CT molecular complexity index is 1380. The first kappa shape index (κ1) is 51.6. The molecule has 0 radical (unpaired) electrons. The van der Waals surface area contributed by atoms with E-state index in [2.05, 4.69) is 33.5 Å². The third kappa shape index (κ3) is 25.1. The Balaban J connectivity index is 3.08. The smallest absolute Gasteiger partial charge is 0.408 e. The Labute approximate surface area is 346 Å². The van der Waals surface area contributed by atoms with Crippen molar-refractivity contribution in [2.75, 3.05) is 19.7 Å². The summed E-state index contributed by atoms with van der Waals surface area (Å²) in [5.41, 5.74) is -0.436. The van der Waals surface area contributed by atoms with Crippen LogP contribution in [0.25, 0.3) is 0 Å². The lowest BCUT2D eigenvalue weighted by atomic mass is 9.87. The minimum absolute atomic E-state index is 0.125. The van der Waals surface area contributed by atoms with Crippen molar-refractivity contribution in [3.8, 4) is 0 Å². The highest BCUT2D eigenvalue weighted by Crippen LogP contribution is 2.22. The quantitative estimate of drug-likeness (QED) is 0.0349. The zero-order valence-electron chi connectivity index (χ0n) is 36.3. The van der Waals surface area contributed by atoms with E-state index in [1.165, 1.54) is 12.8 Å². The second kappa shape index (κ2) is 28.1. The van der Waals surface area contributed by atoms with E-state index in [0.717, 1.165) is 37.7 Å². The van der Waals surface area contributed by atoms with Gasteiger partial charge in [0.1, 0.15) is 30.8 Å². The van der Waals surface area contributed by atoms with Gasteiger partial charge in [0, 0.05) is 6.54 Å². The molecular formula is C43H73N5O10. The first-order valence-corrected chi connectivity index (χ1v) is 21.0. The van der Waals surface area contributed by atoms with E-state index in [9.17, 15) is 33.9 Å². The third-order valence-corrected chi connectivity index (χ3v) is 8.92. The molecule has 1 aromatic carbocycles. The van der Waals surface area contributed by atoms with Crippen LogP contribution in [-0.2, 0) is 40.0 Å². The number of aliphatic hydroxyl groups excluding tert-OH is 1. The van der Waals surface area contributed by atoms with Crippen molar-refractivity contribution < 1.29 is 48.1 Å². The van der Waals surface area contributed by atoms with Crippen molar-refractivity contribution in [3.05, 3.63) is 35.9 Å². The molecule has 0 aliphatic rings. The number of rotatable bonds is 27. The minimum atomic E-state index is -1.68. The van der Waals surface area contributed by atoms with Crippen molar-refractivity contribution in [2.24, 2.45) is 5.41 Å². The summed E-state index contributed by atoms with van der Waals surface area (Å²) in [6.07, 6.45) is 6.58. The van der Waals surface area contributed by atoms with E-state index >= 15 is 0 Å². The maximum Gasteiger partial charge on any atom is 0.408 e. The number of amides is 5. The van der Waals surface area contributed by atoms with E-state index < -0.39 is 77.7 Å². The number of alkyl carbamates (subject to hydrolysis) is 2. The van der Waals surface area contributed by atoms with Crippen LogP contribution >= 0.6 is 0 Å². The highest BCUT2D eigenvalue weighted by molar-refractivity contribution is 5.92. The SMILES string of the molecule is CCCCCCCCCC[C@@H](NC(=O)[C@H](CC(C)(C)C)NC(=O)[C@H](CCCCNC(=O)OCc1ccccc1)NC(=O)OC(C)(C)C)[C@@H](O)C(=O)NCC(=O)OCC. The number of ether oxygens (including phenoxy) is 3. The molecule has 330 valence electrons. The molecule has 0 saturated heterocycles. The van der Waals surface area contributed by atoms with Crippen LogP contribution in [0.3, 0.4) is 0 Å². The Morgan fingerprint density at radius 3 is 1.86 bits per heavy atom. The number of hydrogen-bond acceptors (Lipinski definition) is 10. The molecule has 1 aromatic rings. The van der Waals surface area contributed by atoms with Crippen molar-refractivity contribution in [2.45, 2.75) is 175 Å². The molecule has 5 amide bonds. The van der Waals surface area contributed by atoms with Crippen LogP contribution in [0.15, 0.2) is 30.3 Å². The normalized spacial score (nSPS) is 13.5. The summed E-state index contributed by atoms with van der Waals surface area (Å²) >= 11 is 0. The summed E-state index contributed by atoms with van der Waals surface area (Å²) in [6.45, 7) is 14.7. The molecule has 0 unspecified atom stereocenters. The summed E-state index contributed by atoms with van der Waals surface area (Å²) in [7, 11) is 0. The molecule has 0 aliphatic carbocycles. The number of nitrogens with one attached hydrogen (secondary N) is 5. The number of aliphatic hydroxyl groups is 1. The number of carbonyl (C=O) groups is 6. The van der Waals surface area contributed by atoms with Gasteiger partial charge in [0.25, 0.3) is 5.91 Å². The Morgan fingerprint density at radius 1 is 0.655 bits per heavy atom. The van der Waals surface area contributed by atoms with E-state index in [1.807, 2.05) is 51.1 Å². The molecular weight excluding hydrogens is 746 g/mol. The standard InChI is InChI=1S/C43H73N5O10/c1-9-11-12-13-14-15-16-20-25-32(36(50)39(53)45-29-35(49)56-10-2)46-38(52)34(28-42(3,4)5)47-37(51)33(48-41(55)58-43(6,7)8)26-21-22-27-44-40(54)57-30-31-23-18-17-19-24-31/h17-19,23-24,32-34,36,50H,9-16,20-22,25-30H2,1-8H3,(H,44,54)(H,45,53)(H,46,52)(H,47,51)(H,48,55)/t32-,33+,34+,36-/m1/s1. The van der Waals surface area contributed by atoms with Gasteiger partial charge in [-0.05, 0) is 70.8 Å². The van der Waals surface area contributed by atoms with Crippen molar-refractivity contribution in [1.82, 2.24) is 26.6 Å². The largest absolute Gasteiger partial charge is 0.465 e. The first-order chi connectivity index (χ1) is 27.3. The topological polar surface area (TPSA) is 210 Å². The van der Waals surface area contributed by atoms with Gasteiger partial charge in [-0.15, -0.1) is 0 Å². The van der Waals surface area contributed by atoms with Crippen LogP contribution in [0.4, 0.5) is 9.59 Å². The lowest BCUT2D eigenvalue weighted by Crippen LogP contribution is -2.58. The van der Waals surface area contributed by atoms with Gasteiger partial charge in [-0.1, -0.05) is 109 Å². The fraction of sp³-hybridized carbons (Fsp3) is 0.721. The first-order valence-electron chi connectivity index (χ1n) is 21.0. The number of hydrogen-bond donors (Lipinski definition) is 6. The highest BCUT2D eigenvalue weighted by atomic mass is 16.6. The molecule has 15 heteroatoms. The van der Waals surface area contributed by atoms with E-state index in [0.29, 0.717) is 19.3 Å². The Hall–Kier alpha value is -4.40. The van der Waals surface area contributed by atoms with Crippen LogP contribution in [0.1, 0.15) is 144 Å². The van der Waals surface area contributed by atoms with Gasteiger partial charge in [-0.2, -0.15) is 0 Å². The fourth-order valence-corrected chi connectivity index (χ4v) is 6.00. The fourth-order valence-electron chi connectivity index (χ4n) is 6.00. The predicted molar refractivity (Wildman–Crippen MR) is 222 cm³/mol. The third-order valence-electron chi connectivity index (χ3n) is 8.92. The second-order valence-electron chi connectivity index (χ2n) is 16.9. The van der Waals surface area contributed by atoms with Crippen LogP contribution < -0.4 is 26.6 Å². The molecule has 58 heavy (non-hydrogen) atoms. The molecule has 0 fully saturated rings. The monoisotopic (exact) mass is 820 g/mol. The van der Waals surface area contributed by atoms with Gasteiger partial charge in [-0.25, -0.2) is 9.59 Å². The van der Waals surface area contributed by atoms with Gasteiger partial charge < -0.3 is 45.9 Å². The molecule has 6 N–H and O–H groups in total. The molecule has 0 spiro atoms. The van der Waals surface area contributed by atoms with Gasteiger partial charge >= 0.3 is 18.2 Å². The average Bonchev–Trinajstić information content (AvgIpc) is 3.14. The summed E-state index contributed by atoms with van der Waals surface area (Å²) in [5.74, 6) is -2.74. The number of esters is 1. The summed E-state index contributed by atoms with van der Waals surface area (Å²) in [4.78, 5) is 77.8. The molecule has 4 atom stereocenters. The molecule has 15 nitrogen and oxygen atoms in total. The summed E-state index contributed by atoms with van der Waals surface area (Å²) in [6, 6.07) is 6.05. The van der Waals surface area contributed by atoms with Gasteiger partial charge in [0.15, 0.2) is 6.10 Å². The average molecular weight is 820 g/mol. The Kier molecular flexibility index (Phi) is 25.0. The zero-order chi connectivity index (χ0) is 43.6. The maximum absolute atomic E-state index is 14.0. The molecule has 0 heterocycles. The lowest BCUT2D eigenvalue weighted by molar-refractivity contribution is -0.145. The van der Waals surface area contributed by atoms with E-state index in [4.69, 9.17) is 14.2 Å². The molecule has 0 saturated carbocycles.